The third-order valence-electron chi connectivity index (χ3n) is 2.85. The highest BCUT2D eigenvalue weighted by Gasteiger charge is 2.16. The Labute approximate surface area is 138 Å². The number of hydrogen-bond donors (Lipinski definition) is 3. The highest BCUT2D eigenvalue weighted by atomic mass is 35.5. The van der Waals surface area contributed by atoms with Gasteiger partial charge in [0.05, 0.1) is 10.4 Å². The molecule has 0 aliphatic carbocycles. The first-order valence-corrected chi connectivity index (χ1v) is 7.14. The van der Waals surface area contributed by atoms with E-state index in [9.17, 15) is 0 Å². The van der Waals surface area contributed by atoms with Gasteiger partial charge in [-0.3, -0.25) is 4.79 Å². The molecule has 122 valence electrons. The number of rotatable bonds is 4. The molecule has 9 heteroatoms. The quantitative estimate of drug-likeness (QED) is 0.555. The minimum atomic E-state index is -0.250. The Morgan fingerprint density at radius 3 is 2.64 bits per heavy atom. The van der Waals surface area contributed by atoms with E-state index in [1.54, 1.807) is 17.5 Å². The summed E-state index contributed by atoms with van der Waals surface area (Å²) in [6, 6.07) is 0. The van der Waals surface area contributed by atoms with E-state index in [0.717, 1.165) is 11.3 Å². The van der Waals surface area contributed by atoms with E-state index in [0.29, 0.717) is 24.6 Å². The van der Waals surface area contributed by atoms with Gasteiger partial charge in [-0.2, -0.15) is 4.57 Å². The topological polar surface area (TPSA) is 113 Å². The highest BCUT2D eigenvalue weighted by molar-refractivity contribution is 7.09. The Kier molecular flexibility index (Phi) is 9.23. The lowest BCUT2D eigenvalue weighted by Gasteiger charge is -2.01. The highest BCUT2D eigenvalue weighted by Crippen LogP contribution is 2.13. The lowest BCUT2D eigenvalue weighted by atomic mass is 10.2. The molecule has 0 bridgehead atoms. The summed E-state index contributed by atoms with van der Waals surface area (Å²) in [5.74, 6) is 1.22. The molecule has 0 radical (unpaired) electrons. The molecule has 0 unspecified atom stereocenters. The summed E-state index contributed by atoms with van der Waals surface area (Å²) in [6.45, 7) is 4.46. The van der Waals surface area contributed by atoms with E-state index in [1.165, 1.54) is 4.88 Å². The summed E-state index contributed by atoms with van der Waals surface area (Å²) in [5.41, 5.74) is 10.0. The summed E-state index contributed by atoms with van der Waals surface area (Å²) in [4.78, 5) is 17.9. The van der Waals surface area contributed by atoms with Crippen LogP contribution in [0, 0.1) is 13.8 Å². The number of nitrogens with two attached hydrogens (primary N) is 1. The number of halogens is 1. The number of aliphatic hydroxyl groups excluding tert-OH is 1. The van der Waals surface area contributed by atoms with Crippen molar-refractivity contribution in [2.24, 2.45) is 0 Å². The number of anilines is 1. The summed E-state index contributed by atoms with van der Waals surface area (Å²) in [6.07, 6.45) is 2.47. The molecule has 2 aromatic heterocycles. The van der Waals surface area contributed by atoms with Crippen molar-refractivity contribution in [3.05, 3.63) is 33.7 Å². The SMILES string of the molecule is Cc1ncc(C[n+]2csc(CCO)c2C)c(N)n1.Cl.O=CO. The number of hydrogen-bond acceptors (Lipinski definition) is 6. The van der Waals surface area contributed by atoms with Crippen LogP contribution in [0.1, 0.15) is 22.0 Å². The van der Waals surface area contributed by atoms with Crippen molar-refractivity contribution < 1.29 is 19.6 Å². The molecule has 0 aromatic carbocycles. The molecule has 7 nitrogen and oxygen atoms in total. The number of aliphatic hydroxyl groups is 1. The summed E-state index contributed by atoms with van der Waals surface area (Å²) >= 11 is 1.65. The summed E-state index contributed by atoms with van der Waals surface area (Å²) in [7, 11) is 0. The molecule has 0 amide bonds. The predicted molar refractivity (Wildman–Crippen MR) is 86.3 cm³/mol. The number of aromatic nitrogens is 3. The van der Waals surface area contributed by atoms with Crippen molar-refractivity contribution in [3.63, 3.8) is 0 Å². The fraction of sp³-hybridized carbons (Fsp3) is 0.385. The van der Waals surface area contributed by atoms with Gasteiger partial charge in [0.25, 0.3) is 6.47 Å². The Morgan fingerprint density at radius 2 is 2.09 bits per heavy atom. The van der Waals surface area contributed by atoms with Crippen molar-refractivity contribution in [3.8, 4) is 0 Å². The van der Waals surface area contributed by atoms with Gasteiger partial charge in [0.2, 0.25) is 5.51 Å². The van der Waals surface area contributed by atoms with Crippen molar-refractivity contribution >= 4 is 36.0 Å². The zero-order valence-corrected chi connectivity index (χ0v) is 14.0. The molecule has 0 aliphatic heterocycles. The Bertz CT molecular complexity index is 607. The van der Waals surface area contributed by atoms with Crippen molar-refractivity contribution in [1.29, 1.82) is 0 Å². The van der Waals surface area contributed by atoms with Gasteiger partial charge >= 0.3 is 0 Å². The van der Waals surface area contributed by atoms with E-state index in [1.807, 2.05) is 19.4 Å². The Morgan fingerprint density at radius 1 is 1.45 bits per heavy atom. The van der Waals surface area contributed by atoms with Gasteiger partial charge in [0, 0.05) is 26.1 Å². The van der Waals surface area contributed by atoms with Gasteiger partial charge in [-0.25, -0.2) is 9.97 Å². The molecule has 0 saturated heterocycles. The second-order valence-corrected chi connectivity index (χ2v) is 5.21. The van der Waals surface area contributed by atoms with Gasteiger partial charge in [0.15, 0.2) is 12.2 Å². The first-order valence-electron chi connectivity index (χ1n) is 6.26. The fourth-order valence-corrected chi connectivity index (χ4v) is 2.75. The lowest BCUT2D eigenvalue weighted by Crippen LogP contribution is -2.35. The maximum absolute atomic E-state index is 8.98. The van der Waals surface area contributed by atoms with Gasteiger partial charge in [-0.05, 0) is 6.92 Å². The van der Waals surface area contributed by atoms with Crippen LogP contribution in [-0.2, 0) is 17.8 Å². The first kappa shape index (κ1) is 20.2. The van der Waals surface area contributed by atoms with E-state index >= 15 is 0 Å². The number of aryl methyl sites for hydroxylation is 1. The van der Waals surface area contributed by atoms with Crippen molar-refractivity contribution in [2.75, 3.05) is 12.3 Å². The molecule has 0 saturated carbocycles. The van der Waals surface area contributed by atoms with Crippen molar-refractivity contribution in [1.82, 2.24) is 9.97 Å². The normalized spacial score (nSPS) is 9.41. The van der Waals surface area contributed by atoms with Crippen molar-refractivity contribution in [2.45, 2.75) is 26.8 Å². The minimum Gasteiger partial charge on any atom is -0.483 e. The van der Waals surface area contributed by atoms with Crippen LogP contribution in [-0.4, -0.2) is 33.3 Å². The first-order chi connectivity index (χ1) is 10.0. The number of carboxylic acid groups (broad SMARTS) is 1. The smallest absolute Gasteiger partial charge is 0.290 e. The molecule has 2 heterocycles. The van der Waals surface area contributed by atoms with Crippen LogP contribution < -0.4 is 10.3 Å². The van der Waals surface area contributed by atoms with Crippen LogP contribution >= 0.6 is 23.7 Å². The van der Waals surface area contributed by atoms with Crippen LogP contribution in [0.5, 0.6) is 0 Å². The Hall–Kier alpha value is -1.77. The second-order valence-electron chi connectivity index (χ2n) is 4.27. The van der Waals surface area contributed by atoms with Crippen LogP contribution in [0.25, 0.3) is 0 Å². The molecule has 0 fully saturated rings. The van der Waals surface area contributed by atoms with Crippen LogP contribution in [0.4, 0.5) is 5.82 Å². The number of thiazole rings is 1. The average molecular weight is 348 g/mol. The van der Waals surface area contributed by atoms with Gasteiger partial charge in [-0.15, -0.1) is 12.4 Å². The van der Waals surface area contributed by atoms with E-state index in [-0.39, 0.29) is 25.5 Å². The fourth-order valence-electron chi connectivity index (χ4n) is 1.77. The molecular formula is C13H20ClN4O3S+. The van der Waals surface area contributed by atoms with E-state index < -0.39 is 0 Å². The lowest BCUT2D eigenvalue weighted by molar-refractivity contribution is -0.689. The molecule has 22 heavy (non-hydrogen) atoms. The predicted octanol–water partition coefficient (Wildman–Crippen LogP) is 0.730. The zero-order valence-electron chi connectivity index (χ0n) is 12.4. The minimum absolute atomic E-state index is 0. The van der Waals surface area contributed by atoms with Gasteiger partial charge in [0.1, 0.15) is 11.6 Å². The molecule has 4 N–H and O–H groups in total. The van der Waals surface area contributed by atoms with Crippen LogP contribution in [0.15, 0.2) is 11.7 Å². The average Bonchev–Trinajstić information content (AvgIpc) is 2.76. The molecule has 0 spiro atoms. The largest absolute Gasteiger partial charge is 0.483 e. The maximum Gasteiger partial charge on any atom is 0.290 e. The zero-order chi connectivity index (χ0) is 15.8. The third kappa shape index (κ3) is 5.55. The summed E-state index contributed by atoms with van der Waals surface area (Å²) in [5, 5.41) is 15.9. The molecule has 0 atom stereocenters. The number of carbonyl (C=O) groups is 1. The monoisotopic (exact) mass is 347 g/mol. The molecule has 2 aromatic rings. The van der Waals surface area contributed by atoms with Gasteiger partial charge < -0.3 is 15.9 Å². The summed E-state index contributed by atoms with van der Waals surface area (Å²) < 4.78 is 2.11. The molecular weight excluding hydrogens is 328 g/mol. The van der Waals surface area contributed by atoms with Gasteiger partial charge in [-0.1, -0.05) is 11.3 Å². The maximum atomic E-state index is 8.98. The van der Waals surface area contributed by atoms with E-state index in [2.05, 4.69) is 14.5 Å². The number of nitrogens with zero attached hydrogens (tertiary/aromatic N) is 3. The van der Waals surface area contributed by atoms with E-state index in [4.69, 9.17) is 20.7 Å². The number of nitrogen functional groups attached to an aromatic ring is 1. The second kappa shape index (κ2) is 10.0. The Balaban J connectivity index is 0.00000102. The standard InChI is InChI=1S/C12H17N4OS.CH2O2.ClH/c1-8-11(3-4-17)18-7-16(8)6-10-5-14-9(2)15-12(10)13;2-1-3;/h5,7,17H,3-4,6H2,1-2H3,(H2,13,14,15);1H,(H,2,3);1H/q+1;;. The molecule has 0 aliphatic rings. The van der Waals surface area contributed by atoms with Crippen LogP contribution in [0.2, 0.25) is 0 Å². The third-order valence-corrected chi connectivity index (χ3v) is 4.00. The van der Waals surface area contributed by atoms with Crippen LogP contribution in [0.3, 0.4) is 0 Å². The molecule has 2 rings (SSSR count).